The molecular formula is C12H12N6O. The highest BCUT2D eigenvalue weighted by Gasteiger charge is 2.06. The van der Waals surface area contributed by atoms with Crippen LogP contribution in [0.1, 0.15) is 5.56 Å². The molecule has 96 valence electrons. The first-order chi connectivity index (χ1) is 9.26. The van der Waals surface area contributed by atoms with Crippen molar-refractivity contribution in [3.8, 4) is 11.8 Å². The third-order valence-corrected chi connectivity index (χ3v) is 2.38. The van der Waals surface area contributed by atoms with Crippen LogP contribution in [-0.4, -0.2) is 17.1 Å². The van der Waals surface area contributed by atoms with E-state index < -0.39 is 0 Å². The van der Waals surface area contributed by atoms with E-state index in [0.29, 0.717) is 28.8 Å². The third-order valence-electron chi connectivity index (χ3n) is 2.38. The molecule has 19 heavy (non-hydrogen) atoms. The Balaban J connectivity index is 2.30. The van der Waals surface area contributed by atoms with Crippen LogP contribution in [0.15, 0.2) is 30.5 Å². The number of nitriles is 1. The second kappa shape index (κ2) is 5.66. The van der Waals surface area contributed by atoms with Gasteiger partial charge in [0.2, 0.25) is 5.95 Å². The van der Waals surface area contributed by atoms with Gasteiger partial charge < -0.3 is 10.1 Å². The molecule has 0 aliphatic carbocycles. The lowest BCUT2D eigenvalue weighted by Crippen LogP contribution is -2.11. The zero-order chi connectivity index (χ0) is 13.7. The molecule has 1 aromatic heterocycles. The number of nitrogens with one attached hydrogen (secondary N) is 2. The van der Waals surface area contributed by atoms with Crippen LogP contribution in [0.4, 0.5) is 17.5 Å². The Morgan fingerprint density at radius 3 is 2.89 bits per heavy atom. The summed E-state index contributed by atoms with van der Waals surface area (Å²) in [5.74, 6) is 6.66. The monoisotopic (exact) mass is 256 g/mol. The summed E-state index contributed by atoms with van der Waals surface area (Å²) in [4.78, 5) is 8.03. The van der Waals surface area contributed by atoms with Crippen molar-refractivity contribution in [1.29, 1.82) is 5.26 Å². The van der Waals surface area contributed by atoms with Crippen molar-refractivity contribution < 1.29 is 4.74 Å². The molecule has 0 amide bonds. The van der Waals surface area contributed by atoms with Crippen LogP contribution in [-0.2, 0) is 0 Å². The largest absolute Gasteiger partial charge is 0.495 e. The zero-order valence-corrected chi connectivity index (χ0v) is 10.2. The minimum atomic E-state index is 0.303. The fourth-order valence-electron chi connectivity index (χ4n) is 1.50. The molecule has 0 unspecified atom stereocenters. The molecule has 2 aromatic rings. The Kier molecular flexibility index (Phi) is 3.75. The van der Waals surface area contributed by atoms with E-state index in [2.05, 4.69) is 26.8 Å². The summed E-state index contributed by atoms with van der Waals surface area (Å²) in [6, 6.07) is 8.82. The number of benzene rings is 1. The van der Waals surface area contributed by atoms with Crippen LogP contribution in [0, 0.1) is 11.3 Å². The van der Waals surface area contributed by atoms with Crippen LogP contribution < -0.4 is 21.3 Å². The SMILES string of the molecule is COc1cc(C#N)ccc1Nc1ccnc(NN)n1. The number of methoxy groups -OCH3 is 1. The van der Waals surface area contributed by atoms with E-state index in [1.165, 1.54) is 7.11 Å². The smallest absolute Gasteiger partial charge is 0.239 e. The summed E-state index contributed by atoms with van der Waals surface area (Å²) in [5, 5.41) is 11.9. The van der Waals surface area contributed by atoms with E-state index in [1.807, 2.05) is 0 Å². The van der Waals surface area contributed by atoms with Gasteiger partial charge in [-0.15, -0.1) is 0 Å². The number of hydrogen-bond acceptors (Lipinski definition) is 7. The van der Waals surface area contributed by atoms with Crippen molar-refractivity contribution in [2.24, 2.45) is 5.84 Å². The molecule has 0 spiro atoms. The van der Waals surface area contributed by atoms with Gasteiger partial charge in [-0.2, -0.15) is 10.2 Å². The van der Waals surface area contributed by atoms with Crippen LogP contribution >= 0.6 is 0 Å². The molecule has 1 aromatic carbocycles. The van der Waals surface area contributed by atoms with Gasteiger partial charge in [0.05, 0.1) is 24.4 Å². The summed E-state index contributed by atoms with van der Waals surface area (Å²) in [6.45, 7) is 0. The highest BCUT2D eigenvalue weighted by atomic mass is 16.5. The lowest BCUT2D eigenvalue weighted by Gasteiger charge is -2.11. The fraction of sp³-hybridized carbons (Fsp3) is 0.0833. The van der Waals surface area contributed by atoms with Crippen molar-refractivity contribution in [2.45, 2.75) is 0 Å². The molecule has 0 aliphatic heterocycles. The lowest BCUT2D eigenvalue weighted by atomic mass is 10.2. The minimum absolute atomic E-state index is 0.303. The zero-order valence-electron chi connectivity index (χ0n) is 10.2. The van der Waals surface area contributed by atoms with Gasteiger partial charge in [0, 0.05) is 12.3 Å². The molecule has 7 heteroatoms. The van der Waals surface area contributed by atoms with E-state index in [0.717, 1.165) is 0 Å². The molecule has 0 bridgehead atoms. The van der Waals surface area contributed by atoms with E-state index in [1.54, 1.807) is 30.5 Å². The molecule has 7 nitrogen and oxygen atoms in total. The van der Waals surface area contributed by atoms with Gasteiger partial charge in [-0.3, -0.25) is 5.43 Å². The van der Waals surface area contributed by atoms with Crippen LogP contribution in [0.2, 0.25) is 0 Å². The Hall–Kier alpha value is -2.85. The normalized spacial score (nSPS) is 9.53. The molecule has 2 rings (SSSR count). The standard InChI is InChI=1S/C12H12N6O/c1-19-10-6-8(7-13)2-3-9(10)16-11-4-5-15-12(17-11)18-14/h2-6H,14H2,1H3,(H2,15,16,17,18). The van der Waals surface area contributed by atoms with E-state index in [9.17, 15) is 0 Å². The van der Waals surface area contributed by atoms with Gasteiger partial charge in [-0.1, -0.05) is 0 Å². The first-order valence-corrected chi connectivity index (χ1v) is 5.41. The van der Waals surface area contributed by atoms with Crippen LogP contribution in [0.25, 0.3) is 0 Å². The molecule has 0 atom stereocenters. The predicted molar refractivity (Wildman–Crippen MR) is 70.8 cm³/mol. The molecule has 1 heterocycles. The highest BCUT2D eigenvalue weighted by Crippen LogP contribution is 2.27. The topological polar surface area (TPSA) is 109 Å². The average molecular weight is 256 g/mol. The van der Waals surface area contributed by atoms with Crippen LogP contribution in [0.5, 0.6) is 5.75 Å². The first kappa shape index (κ1) is 12.6. The third kappa shape index (κ3) is 2.88. The number of ether oxygens (including phenoxy) is 1. The molecular weight excluding hydrogens is 244 g/mol. The maximum absolute atomic E-state index is 8.84. The number of rotatable bonds is 4. The van der Waals surface area contributed by atoms with Crippen molar-refractivity contribution >= 4 is 17.5 Å². The van der Waals surface area contributed by atoms with Crippen molar-refractivity contribution in [3.05, 3.63) is 36.0 Å². The second-order valence-corrected chi connectivity index (χ2v) is 3.56. The Morgan fingerprint density at radius 2 is 2.21 bits per heavy atom. The van der Waals surface area contributed by atoms with Crippen molar-refractivity contribution in [3.63, 3.8) is 0 Å². The van der Waals surface area contributed by atoms with Crippen molar-refractivity contribution in [2.75, 3.05) is 17.9 Å². The van der Waals surface area contributed by atoms with Gasteiger partial charge in [-0.25, -0.2) is 10.8 Å². The van der Waals surface area contributed by atoms with E-state index in [4.69, 9.17) is 15.8 Å². The number of nitrogen functional groups attached to an aromatic ring is 1. The van der Waals surface area contributed by atoms with Gasteiger partial charge in [0.25, 0.3) is 0 Å². The van der Waals surface area contributed by atoms with Gasteiger partial charge in [0.15, 0.2) is 0 Å². The number of hydrazine groups is 1. The van der Waals surface area contributed by atoms with Crippen LogP contribution in [0.3, 0.4) is 0 Å². The highest BCUT2D eigenvalue weighted by molar-refractivity contribution is 5.66. The van der Waals surface area contributed by atoms with Gasteiger partial charge >= 0.3 is 0 Å². The quantitative estimate of drug-likeness (QED) is 0.560. The minimum Gasteiger partial charge on any atom is -0.495 e. The summed E-state index contributed by atoms with van der Waals surface area (Å²) >= 11 is 0. The fourth-order valence-corrected chi connectivity index (χ4v) is 1.50. The molecule has 0 aliphatic rings. The van der Waals surface area contributed by atoms with Gasteiger partial charge in [-0.05, 0) is 18.2 Å². The maximum Gasteiger partial charge on any atom is 0.239 e. The number of anilines is 3. The maximum atomic E-state index is 8.84. The second-order valence-electron chi connectivity index (χ2n) is 3.56. The molecule has 4 N–H and O–H groups in total. The Morgan fingerprint density at radius 1 is 1.37 bits per heavy atom. The molecule has 0 fully saturated rings. The summed E-state index contributed by atoms with van der Waals surface area (Å²) in [6.07, 6.45) is 1.57. The molecule has 0 saturated carbocycles. The predicted octanol–water partition coefficient (Wildman–Crippen LogP) is 1.39. The number of nitrogens with two attached hydrogens (primary N) is 1. The van der Waals surface area contributed by atoms with E-state index >= 15 is 0 Å². The molecule has 0 radical (unpaired) electrons. The number of hydrogen-bond donors (Lipinski definition) is 3. The Bertz CT molecular complexity index is 622. The van der Waals surface area contributed by atoms with Gasteiger partial charge in [0.1, 0.15) is 11.6 Å². The summed E-state index contributed by atoms with van der Waals surface area (Å²) in [7, 11) is 1.54. The summed E-state index contributed by atoms with van der Waals surface area (Å²) in [5.41, 5.74) is 3.58. The van der Waals surface area contributed by atoms with Crippen molar-refractivity contribution in [1.82, 2.24) is 9.97 Å². The average Bonchev–Trinajstić information content (AvgIpc) is 2.48. The van der Waals surface area contributed by atoms with E-state index in [-0.39, 0.29) is 0 Å². The lowest BCUT2D eigenvalue weighted by molar-refractivity contribution is 0.416. The summed E-state index contributed by atoms with van der Waals surface area (Å²) < 4.78 is 5.22. The first-order valence-electron chi connectivity index (χ1n) is 5.41. The molecule has 0 saturated heterocycles. The Labute approximate surface area is 110 Å². The number of nitrogens with zero attached hydrogens (tertiary/aromatic N) is 3. The number of aromatic nitrogens is 2.